The molecule has 0 aliphatic carbocycles. The van der Waals surface area contributed by atoms with E-state index in [1.54, 1.807) is 24.1 Å². The smallest absolute Gasteiger partial charge is 0.311 e. The minimum atomic E-state index is -0.782. The monoisotopic (exact) mass is 309 g/mol. The number of nitrogens with zero attached hydrogens (tertiary/aromatic N) is 2. The van der Waals surface area contributed by atoms with Crippen LogP contribution in [-0.2, 0) is 27.8 Å². The third-order valence-electron chi connectivity index (χ3n) is 3.57. The van der Waals surface area contributed by atoms with Gasteiger partial charge in [0.1, 0.15) is 0 Å². The summed E-state index contributed by atoms with van der Waals surface area (Å²) < 4.78 is 7.01. The lowest BCUT2D eigenvalue weighted by Crippen LogP contribution is -2.50. The Hall–Kier alpha value is -1.85. The van der Waals surface area contributed by atoms with Crippen molar-refractivity contribution < 1.29 is 14.3 Å². The quantitative estimate of drug-likeness (QED) is 0.780. The number of hydrogen-bond donors (Lipinski definition) is 1. The molecule has 1 aromatic heterocycles. The standard InChI is InChI=1S/C16H27N3O3/c1-7-16(4,5)18-15(21)14(11(2)3)22-13(20)8-12-9-17-19(6)10-12/h9-11,14H,7-8H2,1-6H3,(H,18,21). The van der Waals surface area contributed by atoms with E-state index in [1.807, 2.05) is 34.6 Å². The number of hydrogen-bond acceptors (Lipinski definition) is 4. The Morgan fingerprint density at radius 2 is 2.05 bits per heavy atom. The molecule has 1 atom stereocenters. The minimum absolute atomic E-state index is 0.0921. The topological polar surface area (TPSA) is 73.2 Å². The minimum Gasteiger partial charge on any atom is -0.452 e. The largest absolute Gasteiger partial charge is 0.452 e. The molecule has 1 amide bonds. The van der Waals surface area contributed by atoms with Crippen LogP contribution in [0.15, 0.2) is 12.4 Å². The van der Waals surface area contributed by atoms with Crippen molar-refractivity contribution >= 4 is 11.9 Å². The summed E-state index contributed by atoms with van der Waals surface area (Å²) in [5, 5.41) is 6.94. The summed E-state index contributed by atoms with van der Waals surface area (Å²) in [7, 11) is 1.78. The van der Waals surface area contributed by atoms with Crippen molar-refractivity contribution in [2.24, 2.45) is 13.0 Å². The van der Waals surface area contributed by atoms with Gasteiger partial charge in [-0.25, -0.2) is 0 Å². The van der Waals surface area contributed by atoms with Crippen LogP contribution >= 0.6 is 0 Å². The highest BCUT2D eigenvalue weighted by Crippen LogP contribution is 2.13. The van der Waals surface area contributed by atoms with Crippen LogP contribution in [0.3, 0.4) is 0 Å². The molecule has 6 nitrogen and oxygen atoms in total. The predicted molar refractivity (Wildman–Crippen MR) is 84.1 cm³/mol. The van der Waals surface area contributed by atoms with Crippen molar-refractivity contribution in [1.29, 1.82) is 0 Å². The van der Waals surface area contributed by atoms with E-state index in [2.05, 4.69) is 10.4 Å². The first-order valence-electron chi connectivity index (χ1n) is 7.63. The highest BCUT2D eigenvalue weighted by molar-refractivity contribution is 5.85. The lowest BCUT2D eigenvalue weighted by molar-refractivity contribution is -0.158. The zero-order chi connectivity index (χ0) is 16.9. The molecule has 0 radical (unpaired) electrons. The summed E-state index contributed by atoms with van der Waals surface area (Å²) in [5.74, 6) is -0.761. The number of carbonyl (C=O) groups is 2. The Kier molecular flexibility index (Phi) is 6.14. The number of aryl methyl sites for hydroxylation is 1. The second-order valence-electron chi connectivity index (χ2n) is 6.58. The maximum Gasteiger partial charge on any atom is 0.311 e. The Labute approximate surface area is 132 Å². The molecule has 0 saturated heterocycles. The van der Waals surface area contributed by atoms with Gasteiger partial charge in [0.25, 0.3) is 5.91 Å². The van der Waals surface area contributed by atoms with Crippen LogP contribution in [-0.4, -0.2) is 33.3 Å². The van der Waals surface area contributed by atoms with E-state index in [9.17, 15) is 9.59 Å². The number of nitrogens with one attached hydrogen (secondary N) is 1. The zero-order valence-corrected chi connectivity index (χ0v) is 14.3. The van der Waals surface area contributed by atoms with Gasteiger partial charge >= 0.3 is 5.97 Å². The van der Waals surface area contributed by atoms with Crippen LogP contribution in [0, 0.1) is 5.92 Å². The molecule has 1 heterocycles. The second-order valence-corrected chi connectivity index (χ2v) is 6.58. The van der Waals surface area contributed by atoms with Crippen molar-refractivity contribution in [1.82, 2.24) is 15.1 Å². The van der Waals surface area contributed by atoms with Crippen LogP contribution < -0.4 is 5.32 Å². The number of ether oxygens (including phenoxy) is 1. The fourth-order valence-corrected chi connectivity index (χ4v) is 1.90. The zero-order valence-electron chi connectivity index (χ0n) is 14.3. The van der Waals surface area contributed by atoms with Crippen LogP contribution in [0.25, 0.3) is 0 Å². The average molecular weight is 309 g/mol. The van der Waals surface area contributed by atoms with Gasteiger partial charge in [-0.3, -0.25) is 14.3 Å². The molecule has 6 heteroatoms. The van der Waals surface area contributed by atoms with E-state index in [0.29, 0.717) is 0 Å². The highest BCUT2D eigenvalue weighted by Gasteiger charge is 2.30. The van der Waals surface area contributed by atoms with Crippen molar-refractivity contribution in [3.8, 4) is 0 Å². The normalized spacial score (nSPS) is 13.0. The molecule has 0 fully saturated rings. The maximum atomic E-state index is 12.3. The van der Waals surface area contributed by atoms with Gasteiger partial charge in [0.15, 0.2) is 6.10 Å². The molecular formula is C16H27N3O3. The SMILES string of the molecule is CCC(C)(C)NC(=O)C(OC(=O)Cc1cnn(C)c1)C(C)C. The van der Waals surface area contributed by atoms with Crippen molar-refractivity contribution in [3.63, 3.8) is 0 Å². The summed E-state index contributed by atoms with van der Waals surface area (Å²) in [5.41, 5.74) is 0.448. The van der Waals surface area contributed by atoms with Gasteiger partial charge < -0.3 is 10.1 Å². The number of esters is 1. The predicted octanol–water partition coefficient (Wildman–Crippen LogP) is 1.84. The van der Waals surface area contributed by atoms with Gasteiger partial charge in [0, 0.05) is 24.3 Å². The molecular weight excluding hydrogens is 282 g/mol. The molecule has 0 aromatic carbocycles. The summed E-state index contributed by atoms with van der Waals surface area (Å²) >= 11 is 0. The first kappa shape index (κ1) is 18.2. The first-order chi connectivity index (χ1) is 10.1. The Morgan fingerprint density at radius 3 is 2.50 bits per heavy atom. The van der Waals surface area contributed by atoms with E-state index in [0.717, 1.165) is 12.0 Å². The fraction of sp³-hybridized carbons (Fsp3) is 0.688. The molecule has 1 aromatic rings. The van der Waals surface area contributed by atoms with E-state index >= 15 is 0 Å². The summed E-state index contributed by atoms with van der Waals surface area (Å²) in [6.07, 6.45) is 3.50. The fourth-order valence-electron chi connectivity index (χ4n) is 1.90. The third kappa shape index (κ3) is 5.50. The number of aromatic nitrogens is 2. The van der Waals surface area contributed by atoms with E-state index in [-0.39, 0.29) is 23.8 Å². The first-order valence-corrected chi connectivity index (χ1v) is 7.63. The molecule has 0 aliphatic rings. The molecule has 22 heavy (non-hydrogen) atoms. The Bertz CT molecular complexity index is 520. The van der Waals surface area contributed by atoms with Crippen molar-refractivity contribution in [2.45, 2.75) is 59.1 Å². The molecule has 1 unspecified atom stereocenters. The van der Waals surface area contributed by atoms with E-state index < -0.39 is 12.1 Å². The van der Waals surface area contributed by atoms with Gasteiger partial charge in [-0.2, -0.15) is 5.10 Å². The number of amides is 1. The molecule has 124 valence electrons. The van der Waals surface area contributed by atoms with Crippen LogP contribution in [0.1, 0.15) is 46.6 Å². The number of rotatable bonds is 7. The van der Waals surface area contributed by atoms with Gasteiger partial charge in [-0.15, -0.1) is 0 Å². The van der Waals surface area contributed by atoms with Crippen LogP contribution in [0.2, 0.25) is 0 Å². The highest BCUT2D eigenvalue weighted by atomic mass is 16.5. The molecule has 1 N–H and O–H groups in total. The summed E-state index contributed by atoms with van der Waals surface area (Å²) in [6.45, 7) is 9.61. The molecule has 1 rings (SSSR count). The van der Waals surface area contributed by atoms with E-state index in [4.69, 9.17) is 4.74 Å². The van der Waals surface area contributed by atoms with Gasteiger partial charge in [0.2, 0.25) is 0 Å². The Balaban J connectivity index is 2.67. The van der Waals surface area contributed by atoms with E-state index in [1.165, 1.54) is 0 Å². The lowest BCUT2D eigenvalue weighted by Gasteiger charge is -2.28. The van der Waals surface area contributed by atoms with Gasteiger partial charge in [-0.1, -0.05) is 20.8 Å². The molecule has 0 saturated carbocycles. The number of carbonyl (C=O) groups excluding carboxylic acids is 2. The molecule has 0 aliphatic heterocycles. The van der Waals surface area contributed by atoms with Crippen LogP contribution in [0.5, 0.6) is 0 Å². The molecule has 0 bridgehead atoms. The van der Waals surface area contributed by atoms with Gasteiger partial charge in [-0.05, 0) is 26.2 Å². The van der Waals surface area contributed by atoms with Crippen molar-refractivity contribution in [3.05, 3.63) is 18.0 Å². The molecule has 0 spiro atoms. The average Bonchev–Trinajstić information content (AvgIpc) is 2.80. The van der Waals surface area contributed by atoms with Crippen molar-refractivity contribution in [2.75, 3.05) is 0 Å². The maximum absolute atomic E-state index is 12.3. The summed E-state index contributed by atoms with van der Waals surface area (Å²) in [6, 6.07) is 0. The second kappa shape index (κ2) is 7.42. The summed E-state index contributed by atoms with van der Waals surface area (Å²) in [4.78, 5) is 24.4. The third-order valence-corrected chi connectivity index (χ3v) is 3.57. The van der Waals surface area contributed by atoms with Crippen LogP contribution in [0.4, 0.5) is 0 Å². The lowest BCUT2D eigenvalue weighted by atomic mass is 9.99. The Morgan fingerprint density at radius 1 is 1.41 bits per heavy atom. The van der Waals surface area contributed by atoms with Gasteiger partial charge in [0.05, 0.1) is 12.6 Å².